The lowest BCUT2D eigenvalue weighted by Crippen LogP contribution is -2.46. The number of hydrogen-bond donors (Lipinski definition) is 1. The van der Waals surface area contributed by atoms with Gasteiger partial charge in [0.1, 0.15) is 0 Å². The van der Waals surface area contributed by atoms with E-state index in [4.69, 9.17) is 0 Å². The van der Waals surface area contributed by atoms with Gasteiger partial charge in [-0.25, -0.2) is 0 Å². The fourth-order valence-electron chi connectivity index (χ4n) is 4.70. The number of benzene rings is 1. The quantitative estimate of drug-likeness (QED) is 0.859. The molecule has 4 aliphatic rings. The van der Waals surface area contributed by atoms with Gasteiger partial charge in [0, 0.05) is 24.3 Å². The molecule has 3 heteroatoms. The molecule has 0 unspecified atom stereocenters. The van der Waals surface area contributed by atoms with Crippen LogP contribution in [0.25, 0.3) is 0 Å². The van der Waals surface area contributed by atoms with Gasteiger partial charge in [-0.05, 0) is 80.2 Å². The van der Waals surface area contributed by atoms with Crippen molar-refractivity contribution >= 4 is 11.6 Å². The third kappa shape index (κ3) is 2.77. The highest BCUT2D eigenvalue weighted by molar-refractivity contribution is 5.87. The summed E-state index contributed by atoms with van der Waals surface area (Å²) in [6, 6.07) is 6.76. The number of nitrogens with zero attached hydrogens (tertiary/aromatic N) is 1. The van der Waals surface area contributed by atoms with E-state index < -0.39 is 0 Å². The van der Waals surface area contributed by atoms with E-state index in [-0.39, 0.29) is 5.91 Å². The Hall–Kier alpha value is -1.77. The second kappa shape index (κ2) is 5.70. The van der Waals surface area contributed by atoms with Crippen molar-refractivity contribution in [1.82, 2.24) is 4.90 Å². The molecule has 1 aliphatic heterocycles. The Morgan fingerprint density at radius 3 is 2.65 bits per heavy atom. The Labute approximate surface area is 138 Å². The van der Waals surface area contributed by atoms with E-state index in [0.29, 0.717) is 12.1 Å². The van der Waals surface area contributed by atoms with Gasteiger partial charge >= 0.3 is 0 Å². The summed E-state index contributed by atoms with van der Waals surface area (Å²) in [5.74, 6) is 1.03. The van der Waals surface area contributed by atoms with Crippen LogP contribution in [0.15, 0.2) is 30.9 Å². The predicted molar refractivity (Wildman–Crippen MR) is 93.3 cm³/mol. The topological polar surface area (TPSA) is 32.3 Å². The Bertz CT molecular complexity index is 615. The highest BCUT2D eigenvalue weighted by atomic mass is 16.2. The first kappa shape index (κ1) is 14.8. The van der Waals surface area contributed by atoms with Crippen LogP contribution in [0.4, 0.5) is 5.69 Å². The molecule has 3 fully saturated rings. The Balaban J connectivity index is 1.53. The van der Waals surface area contributed by atoms with Crippen molar-refractivity contribution in [3.8, 4) is 0 Å². The smallest absolute Gasteiger partial charge is 0.246 e. The van der Waals surface area contributed by atoms with Gasteiger partial charge in [0.25, 0.3) is 0 Å². The third-order valence-corrected chi connectivity index (χ3v) is 6.21. The van der Waals surface area contributed by atoms with Crippen molar-refractivity contribution in [2.45, 2.75) is 57.0 Å². The Morgan fingerprint density at radius 1 is 1.22 bits per heavy atom. The summed E-state index contributed by atoms with van der Waals surface area (Å²) >= 11 is 0. The van der Waals surface area contributed by atoms with Crippen molar-refractivity contribution in [3.05, 3.63) is 42.0 Å². The molecule has 0 aromatic heterocycles. The van der Waals surface area contributed by atoms with E-state index in [9.17, 15) is 4.79 Å². The molecule has 5 rings (SSSR count). The maximum absolute atomic E-state index is 11.9. The number of hydrogen-bond acceptors (Lipinski definition) is 2. The Kier molecular flexibility index (Phi) is 3.67. The zero-order valence-corrected chi connectivity index (χ0v) is 13.8. The minimum atomic E-state index is 0.0400. The SMILES string of the molecule is C=CC(=O)N1CCc2ccc(NC34CCC(CC3)CC4)cc2C1. The second-order valence-corrected chi connectivity index (χ2v) is 7.58. The average Bonchev–Trinajstić information content (AvgIpc) is 2.61. The number of anilines is 1. The van der Waals surface area contributed by atoms with Gasteiger partial charge in [-0.2, -0.15) is 0 Å². The summed E-state index contributed by atoms with van der Waals surface area (Å²) in [7, 11) is 0. The van der Waals surface area contributed by atoms with Crippen LogP contribution in [-0.4, -0.2) is 22.9 Å². The van der Waals surface area contributed by atoms with E-state index in [0.717, 1.165) is 18.9 Å². The van der Waals surface area contributed by atoms with Crippen LogP contribution >= 0.6 is 0 Å². The van der Waals surface area contributed by atoms with Gasteiger partial charge < -0.3 is 10.2 Å². The molecular weight excluding hydrogens is 284 g/mol. The van der Waals surface area contributed by atoms with Crippen LogP contribution in [0.5, 0.6) is 0 Å². The summed E-state index contributed by atoms with van der Waals surface area (Å²) in [6.07, 6.45) is 10.5. The molecule has 3 saturated carbocycles. The molecule has 122 valence electrons. The summed E-state index contributed by atoms with van der Waals surface area (Å²) in [5.41, 5.74) is 4.23. The lowest BCUT2D eigenvalue weighted by atomic mass is 9.66. The maximum atomic E-state index is 11.9. The second-order valence-electron chi connectivity index (χ2n) is 7.58. The van der Waals surface area contributed by atoms with Crippen molar-refractivity contribution in [2.24, 2.45) is 5.92 Å². The number of amides is 1. The van der Waals surface area contributed by atoms with Crippen LogP contribution in [0.3, 0.4) is 0 Å². The molecule has 0 atom stereocenters. The van der Waals surface area contributed by atoms with Gasteiger partial charge in [-0.3, -0.25) is 4.79 Å². The lowest BCUT2D eigenvalue weighted by molar-refractivity contribution is -0.126. The highest BCUT2D eigenvalue weighted by Crippen LogP contribution is 2.46. The molecule has 1 amide bonds. The zero-order chi connectivity index (χ0) is 15.9. The van der Waals surface area contributed by atoms with E-state index in [1.807, 2.05) is 4.90 Å². The van der Waals surface area contributed by atoms with Crippen molar-refractivity contribution in [1.29, 1.82) is 0 Å². The van der Waals surface area contributed by atoms with Gasteiger partial charge in [-0.1, -0.05) is 12.6 Å². The molecule has 3 aliphatic carbocycles. The van der Waals surface area contributed by atoms with Crippen LogP contribution in [0.1, 0.15) is 49.7 Å². The summed E-state index contributed by atoms with van der Waals surface area (Å²) < 4.78 is 0. The van der Waals surface area contributed by atoms with Crippen molar-refractivity contribution in [2.75, 3.05) is 11.9 Å². The fourth-order valence-corrected chi connectivity index (χ4v) is 4.70. The molecule has 0 spiro atoms. The van der Waals surface area contributed by atoms with Crippen molar-refractivity contribution in [3.63, 3.8) is 0 Å². The van der Waals surface area contributed by atoms with Gasteiger partial charge in [0.15, 0.2) is 0 Å². The maximum Gasteiger partial charge on any atom is 0.246 e. The molecule has 1 heterocycles. The standard InChI is InChI=1S/C20H26N2O/c1-2-19(23)22-12-8-16-3-4-18(13-17(16)14-22)21-20-9-5-15(6-10-20)7-11-20/h2-4,13,15,21H,1,5-12,14H2. The van der Waals surface area contributed by atoms with Gasteiger partial charge in [-0.15, -0.1) is 0 Å². The molecule has 2 bridgehead atoms. The minimum absolute atomic E-state index is 0.0400. The van der Waals surface area contributed by atoms with Crippen LogP contribution in [-0.2, 0) is 17.8 Å². The van der Waals surface area contributed by atoms with Crippen molar-refractivity contribution < 1.29 is 4.79 Å². The van der Waals surface area contributed by atoms with E-state index in [1.54, 1.807) is 0 Å². The molecule has 0 saturated heterocycles. The molecule has 0 radical (unpaired) electrons. The first-order valence-corrected chi connectivity index (χ1v) is 8.99. The number of carbonyl (C=O) groups is 1. The van der Waals surface area contributed by atoms with Crippen LogP contribution in [0.2, 0.25) is 0 Å². The molecule has 3 nitrogen and oxygen atoms in total. The summed E-state index contributed by atoms with van der Waals surface area (Å²) in [4.78, 5) is 13.8. The molecule has 1 N–H and O–H groups in total. The van der Waals surface area contributed by atoms with Gasteiger partial charge in [0.05, 0.1) is 0 Å². The third-order valence-electron chi connectivity index (χ3n) is 6.21. The molecule has 1 aromatic rings. The number of rotatable bonds is 3. The van der Waals surface area contributed by atoms with E-state index >= 15 is 0 Å². The van der Waals surface area contributed by atoms with E-state index in [1.165, 1.54) is 61.4 Å². The Morgan fingerprint density at radius 2 is 1.96 bits per heavy atom. The van der Waals surface area contributed by atoms with Gasteiger partial charge in [0.2, 0.25) is 5.91 Å². The highest BCUT2D eigenvalue weighted by Gasteiger charge is 2.40. The minimum Gasteiger partial charge on any atom is -0.380 e. The number of nitrogens with one attached hydrogen (secondary N) is 1. The zero-order valence-electron chi connectivity index (χ0n) is 13.8. The largest absolute Gasteiger partial charge is 0.380 e. The van der Waals surface area contributed by atoms with E-state index in [2.05, 4.69) is 30.1 Å². The normalized spacial score (nSPS) is 29.0. The fraction of sp³-hybridized carbons (Fsp3) is 0.550. The predicted octanol–water partition coefficient (Wildman–Crippen LogP) is 3.89. The van der Waals surface area contributed by atoms with Crippen LogP contribution in [0, 0.1) is 5.92 Å². The van der Waals surface area contributed by atoms with Crippen LogP contribution < -0.4 is 5.32 Å². The molecule has 1 aromatic carbocycles. The first-order valence-electron chi connectivity index (χ1n) is 8.99. The molecular formula is C20H26N2O. The first-order chi connectivity index (χ1) is 11.2. The molecule has 23 heavy (non-hydrogen) atoms. The number of fused-ring (bicyclic) bond motifs is 4. The average molecular weight is 310 g/mol. The monoisotopic (exact) mass is 310 g/mol. The summed E-state index contributed by atoms with van der Waals surface area (Å²) in [6.45, 7) is 5.12. The lowest BCUT2D eigenvalue weighted by Gasteiger charge is -2.47. The number of carbonyl (C=O) groups excluding carboxylic acids is 1. The summed E-state index contributed by atoms with van der Waals surface area (Å²) in [5, 5.41) is 3.87.